The van der Waals surface area contributed by atoms with Crippen LogP contribution in [0.4, 0.5) is 0 Å². The first-order chi connectivity index (χ1) is 5.70. The lowest BCUT2D eigenvalue weighted by Gasteiger charge is -1.96. The van der Waals surface area contributed by atoms with Gasteiger partial charge in [0.15, 0.2) is 0 Å². The average Bonchev–Trinajstić information content (AvgIpc) is 2.01. The maximum atomic E-state index is 3.40. The van der Waals surface area contributed by atoms with Crippen LogP contribution < -0.4 is 0 Å². The van der Waals surface area contributed by atoms with Crippen LogP contribution in [-0.2, 0) is 0 Å². The van der Waals surface area contributed by atoms with Gasteiger partial charge in [-0.25, -0.2) is 0 Å². The van der Waals surface area contributed by atoms with Gasteiger partial charge in [0.1, 0.15) is 0 Å². The van der Waals surface area contributed by atoms with Gasteiger partial charge in [-0.05, 0) is 30.3 Å². The molecule has 68 valence electrons. The molecular weight excluding hydrogens is 212 g/mol. The zero-order chi connectivity index (χ0) is 9.40. The highest BCUT2D eigenvalue weighted by atomic mass is 79.9. The Bertz CT molecular complexity index is 193. The van der Waals surface area contributed by atoms with Gasteiger partial charge in [0, 0.05) is 0 Å². The standard InChI is InChI=1S/C11H17Br/c1-4-6-11(7-5-2)9-8-10(3)12/h4,6,8-9H,5,7H2,1-3H3/b6-4-,10-8+,11-9+. The molecule has 0 radical (unpaired) electrons. The van der Waals surface area contributed by atoms with Gasteiger partial charge in [0.25, 0.3) is 0 Å². The Hall–Kier alpha value is -0.300. The maximum absolute atomic E-state index is 3.40. The summed E-state index contributed by atoms with van der Waals surface area (Å²) in [7, 11) is 0. The second-order valence-electron chi connectivity index (χ2n) is 2.75. The van der Waals surface area contributed by atoms with Crippen LogP contribution in [-0.4, -0.2) is 0 Å². The first-order valence-electron chi connectivity index (χ1n) is 4.36. The predicted molar refractivity (Wildman–Crippen MR) is 60.5 cm³/mol. The lowest BCUT2D eigenvalue weighted by atomic mass is 10.1. The fourth-order valence-corrected chi connectivity index (χ4v) is 1.08. The molecule has 0 atom stereocenters. The second kappa shape index (κ2) is 7.35. The first kappa shape index (κ1) is 11.7. The minimum absolute atomic E-state index is 1.15. The average molecular weight is 229 g/mol. The molecule has 0 aliphatic carbocycles. The molecule has 12 heavy (non-hydrogen) atoms. The monoisotopic (exact) mass is 228 g/mol. The van der Waals surface area contributed by atoms with Crippen molar-refractivity contribution in [3.63, 3.8) is 0 Å². The number of hydrogen-bond donors (Lipinski definition) is 0. The predicted octanol–water partition coefficient (Wildman–Crippen LogP) is 4.59. The lowest BCUT2D eigenvalue weighted by Crippen LogP contribution is -1.76. The molecule has 0 nitrogen and oxygen atoms in total. The lowest BCUT2D eigenvalue weighted by molar-refractivity contribution is 0.926. The number of allylic oxidation sites excluding steroid dienone is 6. The van der Waals surface area contributed by atoms with Crippen molar-refractivity contribution in [3.05, 3.63) is 34.4 Å². The van der Waals surface area contributed by atoms with E-state index in [1.54, 1.807) is 0 Å². The topological polar surface area (TPSA) is 0 Å². The maximum Gasteiger partial charge on any atom is -0.00803 e. The van der Waals surface area contributed by atoms with Crippen LogP contribution >= 0.6 is 15.9 Å². The van der Waals surface area contributed by atoms with E-state index in [9.17, 15) is 0 Å². The summed E-state index contributed by atoms with van der Waals surface area (Å²) < 4.78 is 1.17. The van der Waals surface area contributed by atoms with Crippen LogP contribution in [0.15, 0.2) is 34.4 Å². The van der Waals surface area contributed by atoms with Crippen LogP contribution in [0.3, 0.4) is 0 Å². The van der Waals surface area contributed by atoms with Crippen LogP contribution in [0.2, 0.25) is 0 Å². The minimum Gasteiger partial charge on any atom is -0.0874 e. The zero-order valence-electron chi connectivity index (χ0n) is 8.10. The van der Waals surface area contributed by atoms with Gasteiger partial charge in [-0.2, -0.15) is 0 Å². The van der Waals surface area contributed by atoms with Crippen molar-refractivity contribution in [2.45, 2.75) is 33.6 Å². The van der Waals surface area contributed by atoms with Crippen LogP contribution in [0.25, 0.3) is 0 Å². The van der Waals surface area contributed by atoms with Crippen LogP contribution in [0, 0.1) is 0 Å². The first-order valence-corrected chi connectivity index (χ1v) is 5.15. The molecule has 0 aromatic rings. The van der Waals surface area contributed by atoms with E-state index >= 15 is 0 Å². The van der Waals surface area contributed by atoms with E-state index in [4.69, 9.17) is 0 Å². The Labute approximate surface area is 84.2 Å². The van der Waals surface area contributed by atoms with Crippen LogP contribution in [0.5, 0.6) is 0 Å². The molecular formula is C11H17Br. The summed E-state index contributed by atoms with van der Waals surface area (Å²) in [5, 5.41) is 0. The Kier molecular flexibility index (Phi) is 7.17. The minimum atomic E-state index is 1.15. The van der Waals surface area contributed by atoms with Crippen molar-refractivity contribution >= 4 is 15.9 Å². The van der Waals surface area contributed by atoms with E-state index in [1.165, 1.54) is 16.5 Å². The fraction of sp³-hybridized carbons (Fsp3) is 0.455. The van der Waals surface area contributed by atoms with Gasteiger partial charge >= 0.3 is 0 Å². The van der Waals surface area contributed by atoms with Crippen molar-refractivity contribution in [2.24, 2.45) is 0 Å². The second-order valence-corrected chi connectivity index (χ2v) is 4.00. The summed E-state index contributed by atoms with van der Waals surface area (Å²) in [5.74, 6) is 0. The molecule has 1 heteroatoms. The number of hydrogen-bond acceptors (Lipinski definition) is 0. The van der Waals surface area contributed by atoms with E-state index < -0.39 is 0 Å². The molecule has 0 fully saturated rings. The molecule has 0 N–H and O–H groups in total. The Morgan fingerprint density at radius 2 is 2.00 bits per heavy atom. The zero-order valence-corrected chi connectivity index (χ0v) is 9.69. The quantitative estimate of drug-likeness (QED) is 0.618. The highest BCUT2D eigenvalue weighted by Gasteiger charge is 1.87. The van der Waals surface area contributed by atoms with Crippen molar-refractivity contribution < 1.29 is 0 Å². The summed E-state index contributed by atoms with van der Waals surface area (Å²) >= 11 is 3.40. The van der Waals surface area contributed by atoms with E-state index in [1.807, 2.05) is 13.8 Å². The van der Waals surface area contributed by atoms with Gasteiger partial charge in [0.2, 0.25) is 0 Å². The molecule has 0 unspecified atom stereocenters. The molecule has 0 saturated heterocycles. The molecule has 0 aliphatic heterocycles. The molecule has 0 aromatic carbocycles. The molecule has 0 bridgehead atoms. The third-order valence-electron chi connectivity index (χ3n) is 1.45. The fourth-order valence-electron chi connectivity index (χ4n) is 0.947. The van der Waals surface area contributed by atoms with Gasteiger partial charge in [-0.3, -0.25) is 0 Å². The van der Waals surface area contributed by atoms with Gasteiger partial charge in [0.05, 0.1) is 0 Å². The van der Waals surface area contributed by atoms with Crippen molar-refractivity contribution in [1.82, 2.24) is 0 Å². The van der Waals surface area contributed by atoms with Crippen molar-refractivity contribution in [2.75, 3.05) is 0 Å². The highest BCUT2D eigenvalue weighted by Crippen LogP contribution is 2.09. The van der Waals surface area contributed by atoms with E-state index in [-0.39, 0.29) is 0 Å². The summed E-state index contributed by atoms with van der Waals surface area (Å²) in [6, 6.07) is 0. The summed E-state index contributed by atoms with van der Waals surface area (Å²) in [4.78, 5) is 0. The van der Waals surface area contributed by atoms with E-state index in [0.717, 1.165) is 6.42 Å². The Balaban J connectivity index is 4.27. The van der Waals surface area contributed by atoms with Crippen LogP contribution in [0.1, 0.15) is 33.6 Å². The Morgan fingerprint density at radius 1 is 1.33 bits per heavy atom. The summed E-state index contributed by atoms with van der Waals surface area (Å²) in [6.45, 7) is 6.28. The molecule has 0 amide bonds. The molecule has 0 rings (SSSR count). The number of rotatable bonds is 4. The van der Waals surface area contributed by atoms with Gasteiger partial charge < -0.3 is 0 Å². The molecule has 0 aromatic heterocycles. The summed E-state index contributed by atoms with van der Waals surface area (Å²) in [6.07, 6.45) is 10.8. The molecule has 0 aliphatic rings. The molecule has 0 heterocycles. The normalized spacial score (nSPS) is 14.3. The summed E-state index contributed by atoms with van der Waals surface area (Å²) in [5.41, 5.74) is 1.39. The van der Waals surface area contributed by atoms with Crippen molar-refractivity contribution in [3.8, 4) is 0 Å². The smallest absolute Gasteiger partial charge is 0.00803 e. The van der Waals surface area contributed by atoms with Gasteiger partial charge in [-0.15, -0.1) is 0 Å². The SMILES string of the molecule is C\C=C/C(=C\C=C(/C)Br)CCC. The largest absolute Gasteiger partial charge is 0.0874 e. The highest BCUT2D eigenvalue weighted by molar-refractivity contribution is 9.11. The van der Waals surface area contributed by atoms with E-state index in [0.29, 0.717) is 0 Å². The third kappa shape index (κ3) is 6.41. The third-order valence-corrected chi connectivity index (χ3v) is 1.71. The van der Waals surface area contributed by atoms with Gasteiger partial charge in [-0.1, -0.05) is 53.6 Å². The Morgan fingerprint density at radius 3 is 2.42 bits per heavy atom. The van der Waals surface area contributed by atoms with Crippen molar-refractivity contribution in [1.29, 1.82) is 0 Å². The van der Waals surface area contributed by atoms with E-state index in [2.05, 4.69) is 47.2 Å². The molecule has 0 spiro atoms. The number of halogens is 1. The molecule has 0 saturated carbocycles.